The molecule has 3 heterocycles. The van der Waals surface area contributed by atoms with Gasteiger partial charge in [-0.1, -0.05) is 13.8 Å². The predicted octanol–water partition coefficient (Wildman–Crippen LogP) is 3.23. The first-order valence-electron chi connectivity index (χ1n) is 12.4. The van der Waals surface area contributed by atoms with Gasteiger partial charge in [0.25, 0.3) is 0 Å². The standard InChI is InChI=1S/C24H46N4/c1-20(2)15-24(7-8-24)19-26-9-5-23(6-10-26)27-13-11-25(12-14-27)16-22-17-28(18-22)21(3)4/h20-23H,5-19H2,1-4H3. The predicted molar refractivity (Wildman–Crippen MR) is 119 cm³/mol. The Kier molecular flexibility index (Phi) is 6.71. The molecule has 1 aliphatic carbocycles. The fraction of sp³-hybridized carbons (Fsp3) is 1.00. The third kappa shape index (κ3) is 5.30. The van der Waals surface area contributed by atoms with Crippen LogP contribution in [0.15, 0.2) is 0 Å². The summed E-state index contributed by atoms with van der Waals surface area (Å²) >= 11 is 0. The first-order valence-corrected chi connectivity index (χ1v) is 12.4. The quantitative estimate of drug-likeness (QED) is 0.631. The summed E-state index contributed by atoms with van der Waals surface area (Å²) in [5, 5.41) is 0. The molecule has 28 heavy (non-hydrogen) atoms. The van der Waals surface area contributed by atoms with Crippen molar-refractivity contribution >= 4 is 0 Å². The molecule has 0 spiro atoms. The zero-order valence-electron chi connectivity index (χ0n) is 19.2. The Morgan fingerprint density at radius 2 is 1.46 bits per heavy atom. The van der Waals surface area contributed by atoms with Gasteiger partial charge in [-0.15, -0.1) is 0 Å². The number of hydrogen-bond acceptors (Lipinski definition) is 4. The lowest BCUT2D eigenvalue weighted by Crippen LogP contribution is -2.58. The molecule has 0 atom stereocenters. The van der Waals surface area contributed by atoms with Crippen LogP contribution in [0.2, 0.25) is 0 Å². The Morgan fingerprint density at radius 3 is 2.00 bits per heavy atom. The molecule has 0 bridgehead atoms. The number of rotatable bonds is 8. The molecule has 1 saturated carbocycles. The second-order valence-electron chi connectivity index (χ2n) is 11.4. The van der Waals surface area contributed by atoms with Crippen molar-refractivity contribution < 1.29 is 0 Å². The number of piperidine rings is 1. The number of likely N-dealkylation sites (tertiary alicyclic amines) is 2. The summed E-state index contributed by atoms with van der Waals surface area (Å²) in [6.07, 6.45) is 7.24. The molecule has 0 aromatic carbocycles. The van der Waals surface area contributed by atoms with Crippen LogP contribution in [0.4, 0.5) is 0 Å². The summed E-state index contributed by atoms with van der Waals surface area (Å²) in [4.78, 5) is 11.0. The summed E-state index contributed by atoms with van der Waals surface area (Å²) < 4.78 is 0. The highest BCUT2D eigenvalue weighted by Crippen LogP contribution is 2.51. The number of nitrogens with zero attached hydrogens (tertiary/aromatic N) is 4. The van der Waals surface area contributed by atoms with Gasteiger partial charge in [0, 0.05) is 64.4 Å². The highest BCUT2D eigenvalue weighted by atomic mass is 15.3. The Hall–Kier alpha value is -0.160. The van der Waals surface area contributed by atoms with E-state index in [2.05, 4.69) is 47.3 Å². The van der Waals surface area contributed by atoms with E-state index in [9.17, 15) is 0 Å². The lowest BCUT2D eigenvalue weighted by molar-refractivity contribution is 0.0137. The zero-order chi connectivity index (χ0) is 19.7. The molecule has 3 saturated heterocycles. The molecule has 0 radical (unpaired) electrons. The molecule has 3 aliphatic heterocycles. The third-order valence-electron chi connectivity index (χ3n) is 8.07. The average molecular weight is 391 g/mol. The maximum atomic E-state index is 2.83. The van der Waals surface area contributed by atoms with E-state index in [0.717, 1.165) is 23.9 Å². The molecule has 4 fully saturated rings. The molecule has 0 aromatic rings. The van der Waals surface area contributed by atoms with Crippen LogP contribution in [-0.2, 0) is 0 Å². The van der Waals surface area contributed by atoms with Crippen LogP contribution in [0, 0.1) is 17.3 Å². The lowest BCUT2D eigenvalue weighted by atomic mass is 9.92. The van der Waals surface area contributed by atoms with E-state index >= 15 is 0 Å². The fourth-order valence-corrected chi connectivity index (χ4v) is 6.21. The molecule has 162 valence electrons. The zero-order valence-corrected chi connectivity index (χ0v) is 19.2. The van der Waals surface area contributed by atoms with Crippen LogP contribution in [0.3, 0.4) is 0 Å². The maximum Gasteiger partial charge on any atom is 0.0121 e. The normalized spacial score (nSPS) is 28.9. The van der Waals surface area contributed by atoms with E-state index < -0.39 is 0 Å². The van der Waals surface area contributed by atoms with Gasteiger partial charge in [0.05, 0.1) is 0 Å². The van der Waals surface area contributed by atoms with Crippen molar-refractivity contribution in [3.05, 3.63) is 0 Å². The van der Waals surface area contributed by atoms with Gasteiger partial charge >= 0.3 is 0 Å². The minimum absolute atomic E-state index is 0.708. The summed E-state index contributed by atoms with van der Waals surface area (Å²) in [5.41, 5.74) is 0.708. The Labute approximate surface area is 174 Å². The van der Waals surface area contributed by atoms with Crippen LogP contribution in [0.5, 0.6) is 0 Å². The number of piperazine rings is 1. The van der Waals surface area contributed by atoms with Gasteiger partial charge in [-0.05, 0) is 76.3 Å². The largest absolute Gasteiger partial charge is 0.303 e. The molecule has 4 heteroatoms. The van der Waals surface area contributed by atoms with E-state index in [0.29, 0.717) is 5.41 Å². The molecule has 0 unspecified atom stereocenters. The smallest absolute Gasteiger partial charge is 0.0121 e. The van der Waals surface area contributed by atoms with E-state index in [1.807, 2.05) is 0 Å². The van der Waals surface area contributed by atoms with Gasteiger partial charge in [0.15, 0.2) is 0 Å². The van der Waals surface area contributed by atoms with Gasteiger partial charge in [-0.25, -0.2) is 0 Å². The van der Waals surface area contributed by atoms with Crippen molar-refractivity contribution in [2.45, 2.75) is 71.9 Å². The second-order valence-corrected chi connectivity index (χ2v) is 11.4. The number of hydrogen-bond donors (Lipinski definition) is 0. The van der Waals surface area contributed by atoms with E-state index in [-0.39, 0.29) is 0 Å². The molecule has 4 rings (SSSR count). The Morgan fingerprint density at radius 1 is 0.821 bits per heavy atom. The summed E-state index contributed by atoms with van der Waals surface area (Å²) in [5.74, 6) is 1.79. The minimum atomic E-state index is 0.708. The van der Waals surface area contributed by atoms with E-state index in [1.54, 1.807) is 0 Å². The van der Waals surface area contributed by atoms with E-state index in [1.165, 1.54) is 97.6 Å². The van der Waals surface area contributed by atoms with Crippen molar-refractivity contribution in [3.63, 3.8) is 0 Å². The van der Waals surface area contributed by atoms with Gasteiger partial charge in [-0.3, -0.25) is 4.90 Å². The highest BCUT2D eigenvalue weighted by molar-refractivity contribution is 4.97. The molecular formula is C24H46N4. The molecule has 4 nitrogen and oxygen atoms in total. The molecule has 4 aliphatic rings. The first kappa shape index (κ1) is 21.1. The molecule has 0 amide bonds. The fourth-order valence-electron chi connectivity index (χ4n) is 6.21. The summed E-state index contributed by atoms with van der Waals surface area (Å²) in [6, 6.07) is 1.60. The second kappa shape index (κ2) is 8.91. The van der Waals surface area contributed by atoms with Crippen molar-refractivity contribution in [1.82, 2.24) is 19.6 Å². The summed E-state index contributed by atoms with van der Waals surface area (Å²) in [7, 11) is 0. The van der Waals surface area contributed by atoms with Crippen molar-refractivity contribution in [1.29, 1.82) is 0 Å². The maximum absolute atomic E-state index is 2.83. The third-order valence-corrected chi connectivity index (χ3v) is 8.07. The topological polar surface area (TPSA) is 13.0 Å². The molecular weight excluding hydrogens is 344 g/mol. The van der Waals surface area contributed by atoms with Crippen molar-refractivity contribution in [2.75, 3.05) is 65.4 Å². The SMILES string of the molecule is CC(C)CC1(CN2CCC(N3CCN(CC4CN(C(C)C)C4)CC3)CC2)CC1. The van der Waals surface area contributed by atoms with E-state index in [4.69, 9.17) is 0 Å². The first-order chi connectivity index (χ1) is 13.4. The van der Waals surface area contributed by atoms with Gasteiger partial charge in [0.2, 0.25) is 0 Å². The minimum Gasteiger partial charge on any atom is -0.303 e. The highest BCUT2D eigenvalue weighted by Gasteiger charge is 2.44. The monoisotopic (exact) mass is 390 g/mol. The molecule has 0 N–H and O–H groups in total. The Bertz CT molecular complexity index is 479. The van der Waals surface area contributed by atoms with Crippen LogP contribution in [-0.4, -0.2) is 97.1 Å². The van der Waals surface area contributed by atoms with Crippen LogP contribution >= 0.6 is 0 Å². The van der Waals surface area contributed by atoms with Crippen LogP contribution in [0.1, 0.15) is 59.8 Å². The van der Waals surface area contributed by atoms with Gasteiger partial charge < -0.3 is 14.7 Å². The average Bonchev–Trinajstić information content (AvgIpc) is 3.36. The summed E-state index contributed by atoms with van der Waals surface area (Å²) in [6.45, 7) is 22.8. The lowest BCUT2D eigenvalue weighted by Gasteiger charge is -2.47. The van der Waals surface area contributed by atoms with Crippen molar-refractivity contribution in [3.8, 4) is 0 Å². The van der Waals surface area contributed by atoms with Crippen molar-refractivity contribution in [2.24, 2.45) is 17.3 Å². The Balaban J connectivity index is 1.12. The van der Waals surface area contributed by atoms with Crippen LogP contribution < -0.4 is 0 Å². The van der Waals surface area contributed by atoms with Gasteiger partial charge in [-0.2, -0.15) is 0 Å². The molecule has 0 aromatic heterocycles. The van der Waals surface area contributed by atoms with Gasteiger partial charge in [0.1, 0.15) is 0 Å². The van der Waals surface area contributed by atoms with Crippen LogP contribution in [0.25, 0.3) is 0 Å².